The second kappa shape index (κ2) is 5.45. The number of aromatic carboxylic acids is 1. The van der Waals surface area contributed by atoms with Crippen LogP contribution in [-0.2, 0) is 0 Å². The van der Waals surface area contributed by atoms with Crippen molar-refractivity contribution in [2.75, 3.05) is 0 Å². The van der Waals surface area contributed by atoms with Crippen molar-refractivity contribution in [3.05, 3.63) is 30.0 Å². The van der Waals surface area contributed by atoms with E-state index >= 15 is 0 Å². The lowest BCUT2D eigenvalue weighted by Gasteiger charge is -2.24. The van der Waals surface area contributed by atoms with Gasteiger partial charge in [0.1, 0.15) is 0 Å². The molecule has 1 saturated carbocycles. The van der Waals surface area contributed by atoms with E-state index in [0.717, 1.165) is 25.7 Å². The Hall–Kier alpha value is -2.17. The van der Waals surface area contributed by atoms with Crippen LogP contribution in [0.15, 0.2) is 24.3 Å². The van der Waals surface area contributed by atoms with Crippen LogP contribution in [-0.4, -0.2) is 27.4 Å². The Labute approximate surface area is 116 Å². The monoisotopic (exact) mass is 272 g/mol. The normalized spacial score (nSPS) is 16.2. The molecule has 5 heteroatoms. The molecular weight excluding hydrogens is 256 g/mol. The molecule has 5 nitrogen and oxygen atoms in total. The Morgan fingerprint density at radius 3 is 2.65 bits per heavy atom. The molecule has 3 rings (SSSR count). The molecule has 1 aromatic carbocycles. The van der Waals surface area contributed by atoms with Crippen LogP contribution in [0.2, 0.25) is 0 Å². The van der Waals surface area contributed by atoms with Gasteiger partial charge in [0, 0.05) is 5.39 Å². The molecule has 0 amide bonds. The second-order valence-electron chi connectivity index (χ2n) is 5.08. The Bertz CT molecular complexity index is 636. The largest absolute Gasteiger partial charge is 0.487 e. The van der Waals surface area contributed by atoms with Crippen molar-refractivity contribution < 1.29 is 14.6 Å². The summed E-state index contributed by atoms with van der Waals surface area (Å²) < 4.78 is 5.98. The van der Waals surface area contributed by atoms with Crippen LogP contribution in [0.4, 0.5) is 0 Å². The van der Waals surface area contributed by atoms with E-state index in [0.29, 0.717) is 16.7 Å². The number of ether oxygens (including phenoxy) is 1. The predicted octanol–water partition coefficient (Wildman–Crippen LogP) is 3.04. The highest BCUT2D eigenvalue weighted by molar-refractivity contribution is 5.96. The van der Waals surface area contributed by atoms with Crippen LogP contribution in [0, 0.1) is 0 Å². The molecule has 0 aliphatic heterocycles. The summed E-state index contributed by atoms with van der Waals surface area (Å²) in [5.41, 5.74) is 0.553. The molecule has 1 heterocycles. The van der Waals surface area contributed by atoms with Crippen molar-refractivity contribution in [1.29, 1.82) is 0 Å². The fourth-order valence-corrected chi connectivity index (χ4v) is 2.64. The molecule has 104 valence electrons. The van der Waals surface area contributed by atoms with Crippen LogP contribution >= 0.6 is 0 Å². The highest BCUT2D eigenvalue weighted by atomic mass is 16.5. The van der Waals surface area contributed by atoms with Crippen LogP contribution in [0.5, 0.6) is 5.75 Å². The van der Waals surface area contributed by atoms with Gasteiger partial charge >= 0.3 is 5.97 Å². The van der Waals surface area contributed by atoms with Crippen molar-refractivity contribution in [3.8, 4) is 5.75 Å². The molecule has 0 bridgehead atoms. The topological polar surface area (TPSA) is 72.3 Å². The average Bonchev–Trinajstić information content (AvgIpc) is 2.48. The van der Waals surface area contributed by atoms with Gasteiger partial charge in [-0.05, 0) is 37.8 Å². The minimum Gasteiger partial charge on any atom is -0.487 e. The van der Waals surface area contributed by atoms with E-state index in [-0.39, 0.29) is 11.8 Å². The lowest BCUT2D eigenvalue weighted by molar-refractivity contribution is 0.0678. The third-order valence-corrected chi connectivity index (χ3v) is 3.66. The van der Waals surface area contributed by atoms with Gasteiger partial charge in [-0.25, -0.2) is 4.79 Å². The van der Waals surface area contributed by atoms with Crippen molar-refractivity contribution in [2.45, 2.75) is 38.2 Å². The SMILES string of the molecule is O=C(O)c1nnc2ccccc2c1OC1CCCCC1. The molecule has 0 radical (unpaired) electrons. The van der Waals surface area contributed by atoms with Gasteiger partial charge in [-0.1, -0.05) is 18.6 Å². The fourth-order valence-electron chi connectivity index (χ4n) is 2.64. The van der Waals surface area contributed by atoms with Crippen LogP contribution < -0.4 is 4.74 Å². The molecule has 0 saturated heterocycles. The number of hydrogen-bond donors (Lipinski definition) is 1. The first kappa shape index (κ1) is 12.8. The van der Waals surface area contributed by atoms with Gasteiger partial charge in [0.2, 0.25) is 5.69 Å². The Balaban J connectivity index is 2.04. The number of fused-ring (bicyclic) bond motifs is 1. The third kappa shape index (κ3) is 2.43. The van der Waals surface area contributed by atoms with E-state index in [1.54, 1.807) is 0 Å². The number of carboxylic acids is 1. The van der Waals surface area contributed by atoms with Gasteiger partial charge in [0.25, 0.3) is 0 Å². The summed E-state index contributed by atoms with van der Waals surface area (Å²) in [6.07, 6.45) is 5.49. The van der Waals surface area contributed by atoms with Gasteiger partial charge < -0.3 is 9.84 Å². The predicted molar refractivity (Wildman–Crippen MR) is 74.0 cm³/mol. The first-order chi connectivity index (χ1) is 9.75. The quantitative estimate of drug-likeness (QED) is 0.929. The molecule has 1 aromatic heterocycles. The second-order valence-corrected chi connectivity index (χ2v) is 5.08. The van der Waals surface area contributed by atoms with E-state index in [4.69, 9.17) is 4.74 Å². The van der Waals surface area contributed by atoms with E-state index in [2.05, 4.69) is 10.2 Å². The van der Waals surface area contributed by atoms with Crippen LogP contribution in [0.1, 0.15) is 42.6 Å². The Kier molecular flexibility index (Phi) is 3.50. The molecule has 0 spiro atoms. The number of aromatic nitrogens is 2. The average molecular weight is 272 g/mol. The first-order valence-electron chi connectivity index (χ1n) is 6.91. The highest BCUT2D eigenvalue weighted by Gasteiger charge is 2.22. The summed E-state index contributed by atoms with van der Waals surface area (Å²) in [5.74, 6) is -0.746. The van der Waals surface area contributed by atoms with Crippen LogP contribution in [0.3, 0.4) is 0 Å². The summed E-state index contributed by atoms with van der Waals surface area (Å²) in [6.45, 7) is 0. The number of hydrogen-bond acceptors (Lipinski definition) is 4. The number of benzene rings is 1. The zero-order valence-electron chi connectivity index (χ0n) is 11.1. The summed E-state index contributed by atoms with van der Waals surface area (Å²) in [6, 6.07) is 7.33. The molecule has 20 heavy (non-hydrogen) atoms. The van der Waals surface area contributed by atoms with E-state index in [1.807, 2.05) is 24.3 Å². The maximum atomic E-state index is 11.3. The Morgan fingerprint density at radius 2 is 1.90 bits per heavy atom. The highest BCUT2D eigenvalue weighted by Crippen LogP contribution is 2.30. The third-order valence-electron chi connectivity index (χ3n) is 3.66. The number of carbonyl (C=O) groups is 1. The summed E-state index contributed by atoms with van der Waals surface area (Å²) in [4.78, 5) is 11.3. The summed E-state index contributed by atoms with van der Waals surface area (Å²) in [5, 5.41) is 17.7. The van der Waals surface area contributed by atoms with E-state index in [9.17, 15) is 9.90 Å². The summed E-state index contributed by atoms with van der Waals surface area (Å²) >= 11 is 0. The molecule has 1 aliphatic carbocycles. The van der Waals surface area contributed by atoms with E-state index < -0.39 is 5.97 Å². The van der Waals surface area contributed by atoms with Gasteiger partial charge in [-0.3, -0.25) is 0 Å². The lowest BCUT2D eigenvalue weighted by atomic mass is 9.97. The zero-order valence-corrected chi connectivity index (χ0v) is 11.1. The smallest absolute Gasteiger partial charge is 0.360 e. The molecular formula is C15H16N2O3. The van der Waals surface area contributed by atoms with Gasteiger partial charge in [-0.2, -0.15) is 0 Å². The van der Waals surface area contributed by atoms with E-state index in [1.165, 1.54) is 6.42 Å². The molecule has 0 atom stereocenters. The fraction of sp³-hybridized carbons (Fsp3) is 0.400. The van der Waals surface area contributed by atoms with Crippen LogP contribution in [0.25, 0.3) is 10.9 Å². The maximum Gasteiger partial charge on any atom is 0.360 e. The number of carboxylic acid groups (broad SMARTS) is 1. The number of rotatable bonds is 3. The Morgan fingerprint density at radius 1 is 1.15 bits per heavy atom. The standard InChI is InChI=1S/C15H16N2O3/c18-15(19)13-14(20-10-6-2-1-3-7-10)11-8-4-5-9-12(11)16-17-13/h4-5,8-10H,1-3,6-7H2,(H,18,19). The van der Waals surface area contributed by atoms with Crippen molar-refractivity contribution >= 4 is 16.9 Å². The van der Waals surface area contributed by atoms with Gasteiger partial charge in [0.05, 0.1) is 11.6 Å². The molecule has 1 aliphatic rings. The summed E-state index contributed by atoms with van der Waals surface area (Å²) in [7, 11) is 0. The molecule has 1 N–H and O–H groups in total. The van der Waals surface area contributed by atoms with Gasteiger partial charge in [0.15, 0.2) is 5.75 Å². The van der Waals surface area contributed by atoms with Crippen molar-refractivity contribution in [3.63, 3.8) is 0 Å². The maximum absolute atomic E-state index is 11.3. The molecule has 0 unspecified atom stereocenters. The van der Waals surface area contributed by atoms with Crippen molar-refractivity contribution in [2.24, 2.45) is 0 Å². The first-order valence-corrected chi connectivity index (χ1v) is 6.91. The van der Waals surface area contributed by atoms with Gasteiger partial charge in [-0.15, -0.1) is 10.2 Å². The minimum atomic E-state index is -1.10. The van der Waals surface area contributed by atoms with Crippen molar-refractivity contribution in [1.82, 2.24) is 10.2 Å². The molecule has 1 fully saturated rings. The lowest BCUT2D eigenvalue weighted by Crippen LogP contribution is -2.21. The zero-order chi connectivity index (χ0) is 13.9. The molecule has 2 aromatic rings. The minimum absolute atomic E-state index is 0.0782. The number of nitrogens with zero attached hydrogens (tertiary/aromatic N) is 2.